The van der Waals surface area contributed by atoms with E-state index in [1.807, 2.05) is 28.8 Å². The molecule has 1 aromatic heterocycles. The van der Waals surface area contributed by atoms with Crippen molar-refractivity contribution in [3.8, 4) is 0 Å². The second-order valence-electron chi connectivity index (χ2n) is 9.17. The molecule has 1 fully saturated rings. The third kappa shape index (κ3) is 4.52. The molecule has 0 saturated carbocycles. The quantitative estimate of drug-likeness (QED) is 0.463. The molecule has 2 aliphatic heterocycles. The highest BCUT2D eigenvalue weighted by atomic mass is 16.5. The minimum absolute atomic E-state index is 0.126. The lowest BCUT2D eigenvalue weighted by molar-refractivity contribution is 0.0475. The lowest BCUT2D eigenvalue weighted by Gasteiger charge is -2.19. The Bertz CT molecular complexity index is 1310. The number of aromatic nitrogens is 2. The van der Waals surface area contributed by atoms with Gasteiger partial charge >= 0.3 is 0 Å². The fourth-order valence-corrected chi connectivity index (χ4v) is 4.94. The van der Waals surface area contributed by atoms with Gasteiger partial charge in [0.05, 0.1) is 34.8 Å². The molecule has 3 heterocycles. The lowest BCUT2D eigenvalue weighted by Crippen LogP contribution is -2.36. The number of para-hydroxylation sites is 2. The molecule has 1 N–H and O–H groups in total. The van der Waals surface area contributed by atoms with Crippen LogP contribution in [-0.2, 0) is 11.3 Å². The summed E-state index contributed by atoms with van der Waals surface area (Å²) in [5, 5.41) is 2.93. The molecule has 188 valence electrons. The van der Waals surface area contributed by atoms with Crippen LogP contribution in [0.5, 0.6) is 0 Å². The Hall–Kier alpha value is -3.56. The van der Waals surface area contributed by atoms with Crippen LogP contribution in [-0.4, -0.2) is 76.0 Å². The molecule has 0 aliphatic carbocycles. The van der Waals surface area contributed by atoms with E-state index < -0.39 is 0 Å². The van der Waals surface area contributed by atoms with Crippen molar-refractivity contribution in [2.75, 3.05) is 38.1 Å². The number of imide groups is 1. The Morgan fingerprint density at radius 2 is 1.89 bits per heavy atom. The van der Waals surface area contributed by atoms with Crippen LogP contribution < -0.4 is 5.32 Å². The number of hydrogen-bond donors (Lipinski definition) is 1. The maximum absolute atomic E-state index is 13.2. The van der Waals surface area contributed by atoms with Crippen molar-refractivity contribution in [3.63, 3.8) is 0 Å². The number of nitrogens with zero attached hydrogens (tertiary/aromatic N) is 4. The molecular weight excluding hydrogens is 458 g/mol. The number of carbonyl (C=O) groups excluding carboxylic acids is 3. The summed E-state index contributed by atoms with van der Waals surface area (Å²) in [6.07, 6.45) is 1.63. The molecule has 1 saturated heterocycles. The van der Waals surface area contributed by atoms with Crippen molar-refractivity contribution in [2.24, 2.45) is 0 Å². The van der Waals surface area contributed by atoms with Gasteiger partial charge in [-0.2, -0.15) is 0 Å². The number of hydrogen-bond acceptors (Lipinski definition) is 6. The number of fused-ring (bicyclic) bond motifs is 2. The Morgan fingerprint density at radius 3 is 2.64 bits per heavy atom. The number of anilines is 1. The smallest absolute Gasteiger partial charge is 0.261 e. The van der Waals surface area contributed by atoms with E-state index in [2.05, 4.69) is 29.0 Å². The molecule has 3 amide bonds. The summed E-state index contributed by atoms with van der Waals surface area (Å²) in [5.41, 5.74) is 2.62. The average Bonchev–Trinajstić information content (AvgIpc) is 3.59. The Balaban J connectivity index is 1.37. The first kappa shape index (κ1) is 24.1. The number of ether oxygens (including phenoxy) is 1. The SMILES string of the molecule is CCN(CC)CCn1c(NC(=O)c2ccc3c(c2)C(=O)N(C[C@H]2CCCO2)C3=O)nc2ccccc21. The normalized spacial score (nSPS) is 17.4. The zero-order chi connectivity index (χ0) is 25.2. The van der Waals surface area contributed by atoms with Crippen LogP contribution in [0.4, 0.5) is 5.95 Å². The molecule has 36 heavy (non-hydrogen) atoms. The van der Waals surface area contributed by atoms with Gasteiger partial charge in [-0.1, -0.05) is 26.0 Å². The van der Waals surface area contributed by atoms with Gasteiger partial charge in [0.1, 0.15) is 0 Å². The molecule has 0 unspecified atom stereocenters. The first-order valence-electron chi connectivity index (χ1n) is 12.6. The summed E-state index contributed by atoms with van der Waals surface area (Å²) in [5.74, 6) is -0.645. The monoisotopic (exact) mass is 489 g/mol. The minimum atomic E-state index is -0.383. The van der Waals surface area contributed by atoms with E-state index in [1.54, 1.807) is 12.1 Å². The Morgan fingerprint density at radius 1 is 1.11 bits per heavy atom. The summed E-state index contributed by atoms with van der Waals surface area (Å²) in [4.78, 5) is 47.2. The number of rotatable bonds is 9. The Kier molecular flexibility index (Phi) is 6.84. The fraction of sp³-hybridized carbons (Fsp3) is 0.407. The lowest BCUT2D eigenvalue weighted by atomic mass is 10.1. The third-order valence-corrected chi connectivity index (χ3v) is 7.06. The van der Waals surface area contributed by atoms with Gasteiger partial charge in [0.15, 0.2) is 0 Å². The third-order valence-electron chi connectivity index (χ3n) is 7.06. The number of carbonyl (C=O) groups is 3. The summed E-state index contributed by atoms with van der Waals surface area (Å²) in [7, 11) is 0. The fourth-order valence-electron chi connectivity index (χ4n) is 4.94. The molecule has 9 heteroatoms. The average molecular weight is 490 g/mol. The number of imidazole rings is 1. The number of nitrogens with one attached hydrogen (secondary N) is 1. The standard InChI is InChI=1S/C27H31N5O4/c1-3-30(4-2)13-14-31-23-10-6-5-9-22(23)28-27(31)29-24(33)18-11-12-20-21(16-18)26(35)32(25(20)34)17-19-8-7-15-36-19/h5-6,9-12,16,19H,3-4,7-8,13-15,17H2,1-2H3,(H,28,29,33)/t19-/m1/s1. The maximum Gasteiger partial charge on any atom is 0.261 e. The van der Waals surface area contributed by atoms with Gasteiger partial charge in [0.25, 0.3) is 17.7 Å². The van der Waals surface area contributed by atoms with E-state index in [0.717, 1.165) is 43.5 Å². The van der Waals surface area contributed by atoms with E-state index in [-0.39, 0.29) is 35.9 Å². The Labute approximate surface area is 210 Å². The van der Waals surface area contributed by atoms with Crippen LogP contribution in [0.3, 0.4) is 0 Å². The molecule has 9 nitrogen and oxygen atoms in total. The van der Waals surface area contributed by atoms with Crippen molar-refractivity contribution in [1.29, 1.82) is 0 Å². The first-order chi connectivity index (χ1) is 17.5. The van der Waals surface area contributed by atoms with Crippen LogP contribution in [0.25, 0.3) is 11.0 Å². The van der Waals surface area contributed by atoms with Gasteiger partial charge in [-0.25, -0.2) is 4.98 Å². The molecule has 3 aromatic rings. The van der Waals surface area contributed by atoms with E-state index in [1.165, 1.54) is 11.0 Å². The molecule has 0 radical (unpaired) electrons. The molecule has 1 atom stereocenters. The molecule has 2 aliphatic rings. The first-order valence-corrected chi connectivity index (χ1v) is 12.6. The highest BCUT2D eigenvalue weighted by Gasteiger charge is 2.38. The molecule has 0 spiro atoms. The van der Waals surface area contributed by atoms with Gasteiger partial charge in [0, 0.05) is 25.3 Å². The summed E-state index contributed by atoms with van der Waals surface area (Å²) in [6, 6.07) is 12.4. The largest absolute Gasteiger partial charge is 0.376 e. The maximum atomic E-state index is 13.2. The van der Waals surface area contributed by atoms with E-state index in [4.69, 9.17) is 4.74 Å². The second kappa shape index (κ2) is 10.2. The van der Waals surface area contributed by atoms with Gasteiger partial charge < -0.3 is 14.2 Å². The van der Waals surface area contributed by atoms with Crippen LogP contribution in [0.1, 0.15) is 57.8 Å². The van der Waals surface area contributed by atoms with E-state index in [0.29, 0.717) is 30.2 Å². The van der Waals surface area contributed by atoms with Gasteiger partial charge in [-0.15, -0.1) is 0 Å². The van der Waals surface area contributed by atoms with Gasteiger partial charge in [-0.05, 0) is 56.3 Å². The van der Waals surface area contributed by atoms with E-state index in [9.17, 15) is 14.4 Å². The topological polar surface area (TPSA) is 96.8 Å². The van der Waals surface area contributed by atoms with Crippen molar-refractivity contribution < 1.29 is 19.1 Å². The molecule has 0 bridgehead atoms. The highest BCUT2D eigenvalue weighted by molar-refractivity contribution is 6.22. The predicted molar refractivity (Wildman–Crippen MR) is 136 cm³/mol. The summed E-state index contributed by atoms with van der Waals surface area (Å²) < 4.78 is 7.61. The van der Waals surface area contributed by atoms with Crippen molar-refractivity contribution in [2.45, 2.75) is 39.3 Å². The van der Waals surface area contributed by atoms with Crippen LogP contribution in [0.2, 0.25) is 0 Å². The van der Waals surface area contributed by atoms with Crippen molar-refractivity contribution in [3.05, 3.63) is 59.2 Å². The number of amides is 3. The van der Waals surface area contributed by atoms with Crippen molar-refractivity contribution in [1.82, 2.24) is 19.4 Å². The zero-order valence-electron chi connectivity index (χ0n) is 20.7. The molecular formula is C27H31N5O4. The predicted octanol–water partition coefficient (Wildman–Crippen LogP) is 3.41. The van der Waals surface area contributed by atoms with Crippen LogP contribution >= 0.6 is 0 Å². The minimum Gasteiger partial charge on any atom is -0.376 e. The summed E-state index contributed by atoms with van der Waals surface area (Å²) in [6.45, 7) is 8.52. The highest BCUT2D eigenvalue weighted by Crippen LogP contribution is 2.27. The van der Waals surface area contributed by atoms with Crippen LogP contribution in [0, 0.1) is 0 Å². The zero-order valence-corrected chi connectivity index (χ0v) is 20.7. The van der Waals surface area contributed by atoms with Gasteiger partial charge in [-0.3, -0.25) is 24.6 Å². The van der Waals surface area contributed by atoms with Crippen LogP contribution in [0.15, 0.2) is 42.5 Å². The van der Waals surface area contributed by atoms with Gasteiger partial charge in [0.2, 0.25) is 5.95 Å². The molecule has 5 rings (SSSR count). The number of likely N-dealkylation sites (N-methyl/N-ethyl adjacent to an activating group) is 1. The second-order valence-corrected chi connectivity index (χ2v) is 9.17. The molecule has 2 aromatic carbocycles. The summed E-state index contributed by atoms with van der Waals surface area (Å²) >= 11 is 0. The van der Waals surface area contributed by atoms with Crippen molar-refractivity contribution >= 4 is 34.7 Å². The van der Waals surface area contributed by atoms with E-state index >= 15 is 0 Å². The number of benzene rings is 2.